The van der Waals surface area contributed by atoms with E-state index in [4.69, 9.17) is 23.2 Å². The lowest BCUT2D eigenvalue weighted by atomic mass is 10.2. The number of aryl methyl sites for hydroxylation is 1. The third kappa shape index (κ3) is 6.58. The Morgan fingerprint density at radius 1 is 0.976 bits per heavy atom. The number of hydrogen-bond donors (Lipinski definition) is 1. The van der Waals surface area contributed by atoms with Crippen LogP contribution >= 0.6 is 23.2 Å². The van der Waals surface area contributed by atoms with Crippen molar-refractivity contribution in [1.29, 1.82) is 0 Å². The minimum absolute atomic E-state index is 0.216. The third-order valence-corrected chi connectivity index (χ3v) is 8.56. The van der Waals surface area contributed by atoms with Crippen LogP contribution in [0.1, 0.15) is 22.5 Å². The van der Waals surface area contributed by atoms with Gasteiger partial charge in [0.15, 0.2) is 0 Å². The summed E-state index contributed by atoms with van der Waals surface area (Å²) in [5, 5.41) is 3.89. The Morgan fingerprint density at radius 3 is 2.29 bits per heavy atom. The number of halogens is 5. The Labute approximate surface area is 244 Å². The van der Waals surface area contributed by atoms with Crippen molar-refractivity contribution in [3.63, 3.8) is 0 Å². The molecule has 0 spiro atoms. The van der Waals surface area contributed by atoms with Crippen molar-refractivity contribution in [3.05, 3.63) is 111 Å². The Hall–Kier alpha value is -3.80. The van der Waals surface area contributed by atoms with Gasteiger partial charge in [0.2, 0.25) is 0 Å². The van der Waals surface area contributed by atoms with Gasteiger partial charge in [-0.1, -0.05) is 53.5 Å². The number of benzene rings is 3. The maximum absolute atomic E-state index is 13.5. The van der Waals surface area contributed by atoms with Gasteiger partial charge in [0.25, 0.3) is 15.9 Å². The molecule has 0 bridgehead atoms. The summed E-state index contributed by atoms with van der Waals surface area (Å²) in [5.41, 5.74) is 3.68. The standard InChI is InChI=1S/C28H23Cl2F3N4O3S/c1-18-14-20(19(2)37(18)26-11-7-6-10-25(26)30)16-34-35-27(38)17-36(41(39,40)22-8-4-3-5-9-22)21-12-13-24(29)23(15-21)28(31,32)33/h3-16H,17H2,1-2H3,(H,35,38)/b34-16+. The summed E-state index contributed by atoms with van der Waals surface area (Å²) in [5.74, 6) is -0.885. The number of carbonyl (C=O) groups excluding carboxylic acids is 1. The molecule has 1 heterocycles. The second kappa shape index (κ2) is 12.0. The number of para-hydroxylation sites is 1. The molecule has 4 aromatic rings. The van der Waals surface area contributed by atoms with Gasteiger partial charge in [0.05, 0.1) is 38.1 Å². The van der Waals surface area contributed by atoms with E-state index in [2.05, 4.69) is 10.5 Å². The first kappa shape index (κ1) is 30.2. The summed E-state index contributed by atoms with van der Waals surface area (Å²) < 4.78 is 70.0. The van der Waals surface area contributed by atoms with Crippen LogP contribution in [0.2, 0.25) is 10.0 Å². The van der Waals surface area contributed by atoms with E-state index in [0.29, 0.717) is 21.0 Å². The molecule has 1 amide bonds. The van der Waals surface area contributed by atoms with Crippen molar-refractivity contribution in [2.24, 2.45) is 5.10 Å². The fourth-order valence-electron chi connectivity index (χ4n) is 4.18. The molecule has 0 atom stereocenters. The lowest BCUT2D eigenvalue weighted by Crippen LogP contribution is -2.39. The molecule has 0 unspecified atom stereocenters. The van der Waals surface area contributed by atoms with Gasteiger partial charge in [-0.2, -0.15) is 18.3 Å². The second-order valence-electron chi connectivity index (χ2n) is 8.89. The largest absolute Gasteiger partial charge is 0.417 e. The molecule has 1 N–H and O–H groups in total. The normalized spacial score (nSPS) is 12.1. The number of anilines is 1. The molecule has 0 aliphatic rings. The quantitative estimate of drug-likeness (QED) is 0.174. The molecule has 0 radical (unpaired) electrons. The van der Waals surface area contributed by atoms with E-state index in [1.807, 2.05) is 42.7 Å². The fourth-order valence-corrected chi connectivity index (χ4v) is 6.06. The highest BCUT2D eigenvalue weighted by Crippen LogP contribution is 2.38. The number of carbonyl (C=O) groups is 1. The smallest absolute Gasteiger partial charge is 0.316 e. The molecule has 7 nitrogen and oxygen atoms in total. The van der Waals surface area contributed by atoms with Crippen LogP contribution in [-0.2, 0) is 21.0 Å². The number of aromatic nitrogens is 1. The SMILES string of the molecule is Cc1cc(/C=N/NC(=O)CN(c2ccc(Cl)c(C(F)(F)F)c2)S(=O)(=O)c2ccccc2)c(C)n1-c1ccccc1Cl. The van der Waals surface area contributed by atoms with Gasteiger partial charge < -0.3 is 4.57 Å². The summed E-state index contributed by atoms with van der Waals surface area (Å²) in [6.45, 7) is 2.86. The molecule has 214 valence electrons. The van der Waals surface area contributed by atoms with E-state index < -0.39 is 44.9 Å². The molecule has 0 saturated heterocycles. The van der Waals surface area contributed by atoms with Crippen LogP contribution in [0.25, 0.3) is 5.69 Å². The Kier molecular flexibility index (Phi) is 8.81. The van der Waals surface area contributed by atoms with Crippen molar-refractivity contribution < 1.29 is 26.4 Å². The highest BCUT2D eigenvalue weighted by Gasteiger charge is 2.35. The third-order valence-electron chi connectivity index (χ3n) is 6.12. The molecule has 0 aliphatic carbocycles. The van der Waals surface area contributed by atoms with Crippen LogP contribution in [0.5, 0.6) is 0 Å². The van der Waals surface area contributed by atoms with Crippen LogP contribution in [0.15, 0.2) is 88.9 Å². The second-order valence-corrected chi connectivity index (χ2v) is 11.6. The van der Waals surface area contributed by atoms with Crippen molar-refractivity contribution in [2.75, 3.05) is 10.8 Å². The molecule has 0 fully saturated rings. The summed E-state index contributed by atoms with van der Waals surface area (Å²) in [6, 6.07) is 18.8. The van der Waals surface area contributed by atoms with Gasteiger partial charge in [0.1, 0.15) is 6.54 Å². The molecule has 1 aromatic heterocycles. The number of hydrogen-bond acceptors (Lipinski definition) is 4. The fraction of sp³-hybridized carbons (Fsp3) is 0.143. The Bertz CT molecular complexity index is 1720. The van der Waals surface area contributed by atoms with E-state index >= 15 is 0 Å². The number of sulfonamides is 1. The zero-order valence-corrected chi connectivity index (χ0v) is 24.0. The maximum Gasteiger partial charge on any atom is 0.417 e. The number of alkyl halides is 3. The first-order valence-corrected chi connectivity index (χ1v) is 14.2. The topological polar surface area (TPSA) is 83.8 Å². The van der Waals surface area contributed by atoms with Gasteiger partial charge in [-0.05, 0) is 62.4 Å². The summed E-state index contributed by atoms with van der Waals surface area (Å²) >= 11 is 12.1. The Balaban J connectivity index is 1.62. The maximum atomic E-state index is 13.5. The van der Waals surface area contributed by atoms with Crippen LogP contribution in [0.3, 0.4) is 0 Å². The van der Waals surface area contributed by atoms with E-state index in [9.17, 15) is 26.4 Å². The summed E-state index contributed by atoms with van der Waals surface area (Å²) in [4.78, 5) is 12.6. The zero-order valence-electron chi connectivity index (χ0n) is 21.7. The predicted molar refractivity (Wildman–Crippen MR) is 153 cm³/mol. The van der Waals surface area contributed by atoms with Gasteiger partial charge in [-0.15, -0.1) is 0 Å². The van der Waals surface area contributed by atoms with Crippen LogP contribution in [0, 0.1) is 13.8 Å². The molecule has 3 aromatic carbocycles. The summed E-state index contributed by atoms with van der Waals surface area (Å²) in [7, 11) is -4.45. The van der Waals surface area contributed by atoms with Gasteiger partial charge >= 0.3 is 6.18 Å². The highest BCUT2D eigenvalue weighted by atomic mass is 35.5. The summed E-state index contributed by atoms with van der Waals surface area (Å²) in [6.07, 6.45) is -3.47. The van der Waals surface area contributed by atoms with Crippen LogP contribution in [-0.4, -0.2) is 31.7 Å². The number of hydrazone groups is 1. The first-order chi connectivity index (χ1) is 19.3. The Morgan fingerprint density at radius 2 is 1.63 bits per heavy atom. The molecule has 41 heavy (non-hydrogen) atoms. The lowest BCUT2D eigenvalue weighted by Gasteiger charge is -2.24. The van der Waals surface area contributed by atoms with Crippen molar-refractivity contribution in [3.8, 4) is 5.69 Å². The average molecular weight is 623 g/mol. The van der Waals surface area contributed by atoms with Crippen molar-refractivity contribution in [2.45, 2.75) is 24.9 Å². The minimum Gasteiger partial charge on any atom is -0.316 e. The van der Waals surface area contributed by atoms with Gasteiger partial charge in [0, 0.05) is 17.0 Å². The predicted octanol–water partition coefficient (Wildman–Crippen LogP) is 6.77. The molecule has 0 aliphatic heterocycles. The first-order valence-electron chi connectivity index (χ1n) is 12.0. The van der Waals surface area contributed by atoms with Gasteiger partial charge in [-0.3, -0.25) is 9.10 Å². The minimum atomic E-state index is -4.85. The lowest BCUT2D eigenvalue weighted by molar-refractivity contribution is -0.137. The van der Waals surface area contributed by atoms with Crippen molar-refractivity contribution in [1.82, 2.24) is 9.99 Å². The number of amides is 1. The number of nitrogens with one attached hydrogen (secondary N) is 1. The monoisotopic (exact) mass is 622 g/mol. The molecule has 0 saturated carbocycles. The highest BCUT2D eigenvalue weighted by molar-refractivity contribution is 7.92. The molecule has 13 heteroatoms. The number of nitrogens with zero attached hydrogens (tertiary/aromatic N) is 3. The molecular weight excluding hydrogens is 600 g/mol. The van der Waals surface area contributed by atoms with Crippen LogP contribution < -0.4 is 9.73 Å². The molecular formula is C28H23Cl2F3N4O3S. The van der Waals surface area contributed by atoms with E-state index in [1.165, 1.54) is 30.5 Å². The van der Waals surface area contributed by atoms with E-state index in [-0.39, 0.29) is 4.90 Å². The zero-order chi connectivity index (χ0) is 29.9. The van der Waals surface area contributed by atoms with Gasteiger partial charge in [-0.25, -0.2) is 13.8 Å². The number of rotatable bonds is 8. The molecule has 4 rings (SSSR count). The van der Waals surface area contributed by atoms with Crippen LogP contribution in [0.4, 0.5) is 18.9 Å². The average Bonchev–Trinajstić information content (AvgIpc) is 3.20. The van der Waals surface area contributed by atoms with Crippen molar-refractivity contribution >= 4 is 51.0 Å². The van der Waals surface area contributed by atoms with E-state index in [0.717, 1.165) is 29.2 Å². The van der Waals surface area contributed by atoms with E-state index in [1.54, 1.807) is 12.1 Å².